The average molecular weight is 313 g/mol. The zero-order valence-electron chi connectivity index (χ0n) is 13.2. The molecule has 1 aromatic carbocycles. The van der Waals surface area contributed by atoms with Gasteiger partial charge in [0.2, 0.25) is 0 Å². The molecule has 0 fully saturated rings. The summed E-state index contributed by atoms with van der Waals surface area (Å²) in [6, 6.07) is 13.7. The van der Waals surface area contributed by atoms with Crippen LogP contribution in [0.15, 0.2) is 61.2 Å². The van der Waals surface area contributed by atoms with Crippen molar-refractivity contribution >= 4 is 5.65 Å². The fourth-order valence-electron chi connectivity index (χ4n) is 2.78. The fraction of sp³-hybridized carbons (Fsp3) is 0.105. The van der Waals surface area contributed by atoms with E-state index in [1.165, 1.54) is 0 Å². The van der Waals surface area contributed by atoms with E-state index >= 15 is 0 Å². The molecule has 3 aromatic heterocycles. The van der Waals surface area contributed by atoms with E-state index in [9.17, 15) is 0 Å². The average Bonchev–Trinajstić information content (AvgIpc) is 3.27. The van der Waals surface area contributed by atoms with Gasteiger partial charge in [0, 0.05) is 36.3 Å². The first-order chi connectivity index (χ1) is 11.8. The Morgan fingerprint density at radius 2 is 1.79 bits per heavy atom. The maximum atomic E-state index is 8.92. The summed E-state index contributed by atoms with van der Waals surface area (Å²) in [7, 11) is 0. The summed E-state index contributed by atoms with van der Waals surface area (Å²) in [4.78, 5) is 4.54. The van der Waals surface area contributed by atoms with Crippen LogP contribution in [0.25, 0.3) is 28.0 Å². The quantitative estimate of drug-likeness (QED) is 0.578. The molecule has 0 radical (unpaired) electrons. The fourth-order valence-corrected chi connectivity index (χ4v) is 2.78. The third kappa shape index (κ3) is 2.34. The molecule has 0 amide bonds. The van der Waals surface area contributed by atoms with Crippen LogP contribution in [-0.4, -0.2) is 19.2 Å². The normalized spacial score (nSPS) is 10.8. The van der Waals surface area contributed by atoms with E-state index in [1.54, 1.807) is 0 Å². The zero-order valence-corrected chi connectivity index (χ0v) is 13.2. The molecule has 5 heteroatoms. The first-order valence-corrected chi connectivity index (χ1v) is 7.79. The highest BCUT2D eigenvalue weighted by molar-refractivity contribution is 5.68. The molecule has 4 rings (SSSR count). The SMILES string of the molecule is CCn1cc(-c2ccc3ncc(-c4ccc(C#N)cc4)cn23)cn1. The Kier molecular flexibility index (Phi) is 3.36. The molecule has 0 bridgehead atoms. The Bertz CT molecular complexity index is 1050. The van der Waals surface area contributed by atoms with Crippen LogP contribution in [-0.2, 0) is 6.54 Å². The van der Waals surface area contributed by atoms with Crippen molar-refractivity contribution in [1.82, 2.24) is 19.2 Å². The third-order valence-corrected chi connectivity index (χ3v) is 4.10. The number of nitriles is 1. The van der Waals surface area contributed by atoms with Crippen molar-refractivity contribution < 1.29 is 0 Å². The van der Waals surface area contributed by atoms with E-state index < -0.39 is 0 Å². The molecule has 0 N–H and O–H groups in total. The van der Waals surface area contributed by atoms with E-state index in [1.807, 2.05) is 53.6 Å². The van der Waals surface area contributed by atoms with Gasteiger partial charge >= 0.3 is 0 Å². The van der Waals surface area contributed by atoms with E-state index in [0.29, 0.717) is 5.56 Å². The van der Waals surface area contributed by atoms with E-state index in [-0.39, 0.29) is 0 Å². The van der Waals surface area contributed by atoms with Crippen LogP contribution in [0.2, 0.25) is 0 Å². The molecule has 0 spiro atoms. The van der Waals surface area contributed by atoms with Crippen molar-refractivity contribution in [2.45, 2.75) is 13.5 Å². The lowest BCUT2D eigenvalue weighted by molar-refractivity contribution is 0.660. The second-order valence-corrected chi connectivity index (χ2v) is 5.56. The molecule has 0 aliphatic rings. The Hall–Kier alpha value is -3.39. The van der Waals surface area contributed by atoms with Gasteiger partial charge in [-0.3, -0.25) is 4.68 Å². The standard InChI is InChI=1S/C19H15N5/c1-2-23-12-17(11-22-23)18-7-8-19-21-10-16(13-24(18)19)15-5-3-14(9-20)4-6-15/h3-8,10-13H,2H2,1H3. The van der Waals surface area contributed by atoms with Gasteiger partial charge in [-0.15, -0.1) is 0 Å². The minimum atomic E-state index is 0.654. The predicted molar refractivity (Wildman–Crippen MR) is 92.2 cm³/mol. The van der Waals surface area contributed by atoms with Crippen LogP contribution in [0.1, 0.15) is 12.5 Å². The van der Waals surface area contributed by atoms with E-state index in [2.05, 4.69) is 39.7 Å². The second-order valence-electron chi connectivity index (χ2n) is 5.56. The molecule has 0 unspecified atom stereocenters. The molecule has 0 aliphatic heterocycles. The highest BCUT2D eigenvalue weighted by atomic mass is 15.3. The number of benzene rings is 1. The number of nitrogens with zero attached hydrogens (tertiary/aromatic N) is 5. The molecule has 3 heterocycles. The molecule has 0 saturated heterocycles. The number of hydrogen-bond donors (Lipinski definition) is 0. The van der Waals surface area contributed by atoms with Crippen molar-refractivity contribution in [2.75, 3.05) is 0 Å². The van der Waals surface area contributed by atoms with Gasteiger partial charge in [0.15, 0.2) is 0 Å². The van der Waals surface area contributed by atoms with Crippen molar-refractivity contribution in [3.8, 4) is 28.5 Å². The number of hydrogen-bond acceptors (Lipinski definition) is 3. The van der Waals surface area contributed by atoms with Crippen molar-refractivity contribution in [3.05, 3.63) is 66.7 Å². The van der Waals surface area contributed by atoms with Crippen LogP contribution in [0.3, 0.4) is 0 Å². The van der Waals surface area contributed by atoms with Gasteiger partial charge in [0.05, 0.1) is 23.5 Å². The van der Waals surface area contributed by atoms with Crippen molar-refractivity contribution in [3.63, 3.8) is 0 Å². The first-order valence-electron chi connectivity index (χ1n) is 7.79. The lowest BCUT2D eigenvalue weighted by atomic mass is 10.1. The summed E-state index contributed by atoms with van der Waals surface area (Å²) in [6.07, 6.45) is 7.84. The van der Waals surface area contributed by atoms with Gasteiger partial charge in [0.1, 0.15) is 5.65 Å². The van der Waals surface area contributed by atoms with Crippen molar-refractivity contribution in [1.29, 1.82) is 5.26 Å². The highest BCUT2D eigenvalue weighted by Crippen LogP contribution is 2.25. The predicted octanol–water partition coefficient (Wildman–Crippen LogP) is 3.76. The van der Waals surface area contributed by atoms with Crippen LogP contribution in [0.5, 0.6) is 0 Å². The second kappa shape index (κ2) is 5.67. The molecule has 116 valence electrons. The summed E-state index contributed by atoms with van der Waals surface area (Å²) in [6.45, 7) is 2.91. The smallest absolute Gasteiger partial charge is 0.137 e. The largest absolute Gasteiger partial charge is 0.300 e. The minimum absolute atomic E-state index is 0.654. The lowest BCUT2D eigenvalue weighted by Gasteiger charge is -2.05. The van der Waals surface area contributed by atoms with Gasteiger partial charge in [0.25, 0.3) is 0 Å². The van der Waals surface area contributed by atoms with Crippen LogP contribution in [0, 0.1) is 11.3 Å². The molecule has 0 aliphatic carbocycles. The van der Waals surface area contributed by atoms with Gasteiger partial charge in [-0.05, 0) is 36.8 Å². The Labute approximate surface area is 139 Å². The number of aryl methyl sites for hydroxylation is 1. The van der Waals surface area contributed by atoms with Crippen molar-refractivity contribution in [2.24, 2.45) is 0 Å². The Balaban J connectivity index is 1.81. The highest BCUT2D eigenvalue weighted by Gasteiger charge is 2.09. The molecule has 24 heavy (non-hydrogen) atoms. The Morgan fingerprint density at radius 3 is 2.50 bits per heavy atom. The van der Waals surface area contributed by atoms with Crippen LogP contribution >= 0.6 is 0 Å². The maximum absolute atomic E-state index is 8.92. The number of aromatic nitrogens is 4. The molecular formula is C19H15N5. The maximum Gasteiger partial charge on any atom is 0.137 e. The zero-order chi connectivity index (χ0) is 16.5. The topological polar surface area (TPSA) is 58.9 Å². The monoisotopic (exact) mass is 313 g/mol. The summed E-state index contributed by atoms with van der Waals surface area (Å²) >= 11 is 0. The van der Waals surface area contributed by atoms with Gasteiger partial charge in [-0.2, -0.15) is 10.4 Å². The first kappa shape index (κ1) is 14.2. The van der Waals surface area contributed by atoms with Gasteiger partial charge in [-0.25, -0.2) is 4.98 Å². The van der Waals surface area contributed by atoms with Gasteiger partial charge < -0.3 is 4.40 Å². The summed E-state index contributed by atoms with van der Waals surface area (Å²) in [5.41, 5.74) is 5.72. The summed E-state index contributed by atoms with van der Waals surface area (Å²) in [5, 5.41) is 13.3. The summed E-state index contributed by atoms with van der Waals surface area (Å²) < 4.78 is 3.98. The van der Waals surface area contributed by atoms with E-state index in [0.717, 1.165) is 34.6 Å². The lowest BCUT2D eigenvalue weighted by Crippen LogP contribution is -1.93. The third-order valence-electron chi connectivity index (χ3n) is 4.10. The van der Waals surface area contributed by atoms with Crippen LogP contribution in [0.4, 0.5) is 0 Å². The Morgan fingerprint density at radius 1 is 0.958 bits per heavy atom. The summed E-state index contributed by atoms with van der Waals surface area (Å²) in [5.74, 6) is 0. The molecular weight excluding hydrogens is 298 g/mol. The number of rotatable bonds is 3. The molecule has 5 nitrogen and oxygen atoms in total. The molecule has 0 atom stereocenters. The van der Waals surface area contributed by atoms with Gasteiger partial charge in [-0.1, -0.05) is 12.1 Å². The molecule has 0 saturated carbocycles. The molecule has 4 aromatic rings. The number of fused-ring (bicyclic) bond motifs is 1. The van der Waals surface area contributed by atoms with Crippen LogP contribution < -0.4 is 0 Å². The minimum Gasteiger partial charge on any atom is -0.300 e. The van der Waals surface area contributed by atoms with E-state index in [4.69, 9.17) is 5.26 Å².